The number of alkyl carbamates (subject to hydrolysis) is 1. The maximum Gasteiger partial charge on any atom is 0.407 e. The molecule has 2 aromatic rings. The third-order valence-corrected chi connectivity index (χ3v) is 5.26. The average Bonchev–Trinajstić information content (AvgIpc) is 3.20. The zero-order valence-corrected chi connectivity index (χ0v) is 19.1. The number of fused-ring (bicyclic) bond motifs is 1. The van der Waals surface area contributed by atoms with Gasteiger partial charge in [-0.2, -0.15) is 0 Å². The van der Waals surface area contributed by atoms with Crippen molar-refractivity contribution in [1.29, 1.82) is 0 Å². The molecule has 0 bridgehead atoms. The van der Waals surface area contributed by atoms with E-state index < -0.39 is 35.7 Å². The zero-order chi connectivity index (χ0) is 24.0. The first-order chi connectivity index (χ1) is 15.6. The zero-order valence-electron chi connectivity index (χ0n) is 19.1. The number of amides is 1. The summed E-state index contributed by atoms with van der Waals surface area (Å²) in [5.41, 5.74) is 0.966. The second-order valence-corrected chi connectivity index (χ2v) is 9.17. The molecule has 0 radical (unpaired) electrons. The van der Waals surface area contributed by atoms with Crippen LogP contribution in [0.15, 0.2) is 48.5 Å². The van der Waals surface area contributed by atoms with Crippen LogP contribution >= 0.6 is 0 Å². The van der Waals surface area contributed by atoms with E-state index in [0.717, 1.165) is 11.1 Å². The van der Waals surface area contributed by atoms with E-state index in [1.54, 1.807) is 39.0 Å². The number of benzene rings is 2. The summed E-state index contributed by atoms with van der Waals surface area (Å²) >= 11 is 0. The third-order valence-electron chi connectivity index (χ3n) is 5.26. The highest BCUT2D eigenvalue weighted by Crippen LogP contribution is 2.33. The SMILES string of the molecule is CC(C)(C)OC(=O)N[C@@H](Cc1ccccc1)[C@@H](O)C[C@@H](Cc1ccc2c(c1)OCO2)C(=O)O. The van der Waals surface area contributed by atoms with Gasteiger partial charge in [-0.25, -0.2) is 4.79 Å². The number of aliphatic hydroxyl groups is 1. The molecule has 2 aromatic carbocycles. The first kappa shape index (κ1) is 24.4. The van der Waals surface area contributed by atoms with Crippen molar-refractivity contribution in [3.8, 4) is 11.5 Å². The largest absolute Gasteiger partial charge is 0.481 e. The number of aliphatic hydroxyl groups excluding tert-OH is 1. The Hall–Kier alpha value is -3.26. The van der Waals surface area contributed by atoms with Crippen molar-refractivity contribution >= 4 is 12.1 Å². The average molecular weight is 458 g/mol. The minimum absolute atomic E-state index is 0.0446. The highest BCUT2D eigenvalue weighted by atomic mass is 16.7. The Morgan fingerprint density at radius 3 is 2.39 bits per heavy atom. The van der Waals surface area contributed by atoms with Crippen molar-refractivity contribution in [1.82, 2.24) is 5.32 Å². The standard InChI is InChI=1S/C25H31NO7/c1-25(2,3)33-24(30)26-19(12-16-7-5-4-6-8-16)20(27)14-18(23(28)29)11-17-9-10-21-22(13-17)32-15-31-21/h4-10,13,18-20,27H,11-12,14-15H2,1-3H3,(H,26,30)(H,28,29)/t18-,19+,20+/m1/s1. The number of carbonyl (C=O) groups is 2. The first-order valence-corrected chi connectivity index (χ1v) is 10.9. The van der Waals surface area contributed by atoms with E-state index in [1.165, 1.54) is 0 Å². The van der Waals surface area contributed by atoms with Crippen LogP contribution in [0.1, 0.15) is 38.3 Å². The smallest absolute Gasteiger partial charge is 0.407 e. The van der Waals surface area contributed by atoms with Gasteiger partial charge >= 0.3 is 12.1 Å². The Labute approximate surface area is 193 Å². The quantitative estimate of drug-likeness (QED) is 0.528. The Kier molecular flexibility index (Phi) is 7.81. The topological polar surface area (TPSA) is 114 Å². The van der Waals surface area contributed by atoms with Crippen LogP contribution in [0.4, 0.5) is 4.79 Å². The maximum atomic E-state index is 12.4. The number of aliphatic carboxylic acids is 1. The Morgan fingerprint density at radius 1 is 1.03 bits per heavy atom. The molecule has 0 fully saturated rings. The lowest BCUT2D eigenvalue weighted by Gasteiger charge is -2.28. The summed E-state index contributed by atoms with van der Waals surface area (Å²) in [5.74, 6) is -0.692. The van der Waals surface area contributed by atoms with Crippen LogP contribution in [0.3, 0.4) is 0 Å². The van der Waals surface area contributed by atoms with Gasteiger partial charge in [-0.3, -0.25) is 4.79 Å². The second kappa shape index (κ2) is 10.6. The molecular formula is C25H31NO7. The van der Waals surface area contributed by atoms with Crippen molar-refractivity contribution < 1.29 is 34.0 Å². The summed E-state index contributed by atoms with van der Waals surface area (Å²) in [7, 11) is 0. The molecule has 1 heterocycles. The van der Waals surface area contributed by atoms with Gasteiger partial charge in [0.15, 0.2) is 11.5 Å². The highest BCUT2D eigenvalue weighted by Gasteiger charge is 2.30. The fraction of sp³-hybridized carbons (Fsp3) is 0.440. The molecule has 0 saturated heterocycles. The number of nitrogens with one attached hydrogen (secondary N) is 1. The molecule has 1 aliphatic rings. The summed E-state index contributed by atoms with van der Waals surface area (Å²) in [6.07, 6.45) is -1.28. The molecule has 0 aromatic heterocycles. The van der Waals surface area contributed by atoms with Gasteiger partial charge in [0.05, 0.1) is 18.1 Å². The number of carbonyl (C=O) groups excluding carboxylic acids is 1. The summed E-state index contributed by atoms with van der Waals surface area (Å²) in [5, 5.41) is 23.5. The highest BCUT2D eigenvalue weighted by molar-refractivity contribution is 5.71. The lowest BCUT2D eigenvalue weighted by molar-refractivity contribution is -0.143. The summed E-state index contributed by atoms with van der Waals surface area (Å²) < 4.78 is 16.0. The van der Waals surface area contributed by atoms with Crippen molar-refractivity contribution in [3.05, 3.63) is 59.7 Å². The Bertz CT molecular complexity index is 955. The van der Waals surface area contributed by atoms with Crippen molar-refractivity contribution in [2.24, 2.45) is 5.92 Å². The molecule has 33 heavy (non-hydrogen) atoms. The second-order valence-electron chi connectivity index (χ2n) is 9.17. The van der Waals surface area contributed by atoms with Crippen LogP contribution in [0.5, 0.6) is 11.5 Å². The minimum Gasteiger partial charge on any atom is -0.481 e. The van der Waals surface area contributed by atoms with E-state index in [4.69, 9.17) is 14.2 Å². The van der Waals surface area contributed by atoms with Gasteiger partial charge in [0, 0.05) is 0 Å². The molecule has 3 atom stereocenters. The van der Waals surface area contributed by atoms with Gasteiger partial charge < -0.3 is 29.7 Å². The fourth-order valence-corrected chi connectivity index (χ4v) is 3.69. The maximum absolute atomic E-state index is 12.4. The molecule has 1 aliphatic heterocycles. The Morgan fingerprint density at radius 2 is 1.73 bits per heavy atom. The monoisotopic (exact) mass is 457 g/mol. The summed E-state index contributed by atoms with van der Waals surface area (Å²) in [4.78, 5) is 24.4. The van der Waals surface area contributed by atoms with Crippen LogP contribution in [0, 0.1) is 5.92 Å². The predicted molar refractivity (Wildman–Crippen MR) is 121 cm³/mol. The van der Waals surface area contributed by atoms with Gasteiger partial charge in [0.1, 0.15) is 5.60 Å². The summed E-state index contributed by atoms with van der Waals surface area (Å²) in [6, 6.07) is 14.0. The molecule has 8 nitrogen and oxygen atoms in total. The molecule has 0 aliphatic carbocycles. The van der Waals surface area contributed by atoms with Gasteiger partial charge in [-0.05, 0) is 63.3 Å². The molecule has 3 rings (SSSR count). The molecule has 1 amide bonds. The molecule has 0 spiro atoms. The van der Waals surface area contributed by atoms with Crippen molar-refractivity contribution in [2.45, 2.75) is 57.8 Å². The number of rotatable bonds is 9. The van der Waals surface area contributed by atoms with E-state index >= 15 is 0 Å². The molecule has 3 N–H and O–H groups in total. The van der Waals surface area contributed by atoms with Gasteiger partial charge in [-0.1, -0.05) is 36.4 Å². The van der Waals surface area contributed by atoms with E-state index in [1.807, 2.05) is 30.3 Å². The first-order valence-electron chi connectivity index (χ1n) is 10.9. The molecule has 8 heteroatoms. The van der Waals surface area contributed by atoms with E-state index in [0.29, 0.717) is 17.9 Å². The lowest BCUT2D eigenvalue weighted by Crippen LogP contribution is -2.47. The predicted octanol–water partition coefficient (Wildman–Crippen LogP) is 3.55. The normalized spacial score (nSPS) is 15.4. The van der Waals surface area contributed by atoms with Crippen LogP contribution < -0.4 is 14.8 Å². The molecular weight excluding hydrogens is 426 g/mol. The Balaban J connectivity index is 1.72. The van der Waals surface area contributed by atoms with Crippen molar-refractivity contribution in [2.75, 3.05) is 6.79 Å². The van der Waals surface area contributed by atoms with Gasteiger partial charge in [0.2, 0.25) is 6.79 Å². The number of hydrogen-bond acceptors (Lipinski definition) is 6. The number of carboxylic acids is 1. The van der Waals surface area contributed by atoms with E-state index in [9.17, 15) is 19.8 Å². The fourth-order valence-electron chi connectivity index (χ4n) is 3.69. The van der Waals surface area contributed by atoms with Gasteiger partial charge in [0.25, 0.3) is 0 Å². The molecule has 0 saturated carbocycles. The number of carboxylic acid groups (broad SMARTS) is 1. The number of ether oxygens (including phenoxy) is 3. The van der Waals surface area contributed by atoms with Crippen LogP contribution in [0.2, 0.25) is 0 Å². The van der Waals surface area contributed by atoms with Crippen molar-refractivity contribution in [3.63, 3.8) is 0 Å². The molecule has 0 unspecified atom stereocenters. The van der Waals surface area contributed by atoms with Crippen LogP contribution in [-0.4, -0.2) is 46.8 Å². The molecule has 178 valence electrons. The summed E-state index contributed by atoms with van der Waals surface area (Å²) in [6.45, 7) is 5.39. The van der Waals surface area contributed by atoms with E-state index in [-0.39, 0.29) is 19.6 Å². The van der Waals surface area contributed by atoms with Crippen LogP contribution in [-0.2, 0) is 22.4 Å². The van der Waals surface area contributed by atoms with Crippen LogP contribution in [0.25, 0.3) is 0 Å². The lowest BCUT2D eigenvalue weighted by atomic mass is 9.89. The minimum atomic E-state index is -1.10. The van der Waals surface area contributed by atoms with E-state index in [2.05, 4.69) is 5.32 Å². The number of hydrogen-bond donors (Lipinski definition) is 3. The van der Waals surface area contributed by atoms with Gasteiger partial charge in [-0.15, -0.1) is 0 Å². The third kappa shape index (κ3) is 7.39.